The first-order chi connectivity index (χ1) is 13.5. The minimum absolute atomic E-state index is 0.0233. The van der Waals surface area contributed by atoms with Gasteiger partial charge in [-0.1, -0.05) is 20.8 Å². The number of carbonyl (C=O) groups is 2. The first kappa shape index (κ1) is 22.3. The number of hydrogen-bond acceptors (Lipinski definition) is 3. The van der Waals surface area contributed by atoms with Gasteiger partial charge in [-0.05, 0) is 55.9 Å². The molecule has 1 fully saturated rings. The second kappa shape index (κ2) is 11.1. The molecule has 0 unspecified atom stereocenters. The van der Waals surface area contributed by atoms with E-state index in [1.54, 1.807) is 11.8 Å². The second-order valence-corrected chi connectivity index (χ2v) is 7.99. The minimum atomic E-state index is -0.0233. The van der Waals surface area contributed by atoms with Gasteiger partial charge in [0, 0.05) is 57.4 Å². The Morgan fingerprint density at radius 2 is 1.57 bits per heavy atom. The van der Waals surface area contributed by atoms with Crippen LogP contribution in [0.5, 0.6) is 0 Å². The van der Waals surface area contributed by atoms with Crippen molar-refractivity contribution in [2.75, 3.05) is 42.5 Å². The molecule has 2 amide bonds. The number of nitrogens with zero attached hydrogens (tertiary/aromatic N) is 3. The molecule has 1 aromatic rings. The van der Waals surface area contributed by atoms with Crippen LogP contribution in [0.25, 0.3) is 0 Å². The first-order valence-electron chi connectivity index (χ1n) is 10.9. The molecule has 1 aromatic carbocycles. The number of benzene rings is 1. The van der Waals surface area contributed by atoms with Gasteiger partial charge in [0.25, 0.3) is 0 Å². The van der Waals surface area contributed by atoms with E-state index in [0.717, 1.165) is 50.6 Å². The Hall–Kier alpha value is -2.04. The van der Waals surface area contributed by atoms with E-state index in [2.05, 4.69) is 37.8 Å². The van der Waals surface area contributed by atoms with Crippen molar-refractivity contribution in [2.45, 2.75) is 59.8 Å². The number of anilines is 2. The molecule has 1 saturated heterocycles. The monoisotopic (exact) mass is 387 g/mol. The molecule has 0 spiro atoms. The van der Waals surface area contributed by atoms with E-state index in [0.29, 0.717) is 13.0 Å². The maximum absolute atomic E-state index is 12.5. The van der Waals surface area contributed by atoms with Crippen LogP contribution < -0.4 is 9.80 Å². The fourth-order valence-corrected chi connectivity index (χ4v) is 3.85. The van der Waals surface area contributed by atoms with E-state index in [1.807, 2.05) is 17.0 Å². The maximum atomic E-state index is 12.5. The Labute approximate surface area is 170 Å². The van der Waals surface area contributed by atoms with Gasteiger partial charge >= 0.3 is 0 Å². The van der Waals surface area contributed by atoms with Crippen molar-refractivity contribution < 1.29 is 9.59 Å². The SMILES string of the molecule is CCCN(CCC)C(=O)CCN(C(C)=O)c1ccc(N2CCC(C)CC2)cc1. The molecule has 28 heavy (non-hydrogen) atoms. The Morgan fingerprint density at radius 1 is 1.00 bits per heavy atom. The molecular weight excluding hydrogens is 350 g/mol. The lowest BCUT2D eigenvalue weighted by molar-refractivity contribution is -0.131. The number of amides is 2. The molecule has 5 nitrogen and oxygen atoms in total. The van der Waals surface area contributed by atoms with Gasteiger partial charge in [-0.15, -0.1) is 0 Å². The third kappa shape index (κ3) is 6.25. The molecule has 0 saturated carbocycles. The standard InChI is InChI=1S/C23H37N3O2/c1-5-14-25(15-6-2)23(28)13-18-26(20(4)27)22-9-7-21(8-10-22)24-16-11-19(3)12-17-24/h7-10,19H,5-6,11-18H2,1-4H3. The third-order valence-electron chi connectivity index (χ3n) is 5.58. The van der Waals surface area contributed by atoms with Crippen molar-refractivity contribution in [3.05, 3.63) is 24.3 Å². The summed E-state index contributed by atoms with van der Waals surface area (Å²) < 4.78 is 0. The molecule has 1 aliphatic heterocycles. The predicted octanol–water partition coefficient (Wildman–Crippen LogP) is 4.31. The van der Waals surface area contributed by atoms with Crippen LogP contribution in [0.2, 0.25) is 0 Å². The smallest absolute Gasteiger partial charge is 0.224 e. The largest absolute Gasteiger partial charge is 0.372 e. The zero-order valence-electron chi connectivity index (χ0n) is 18.1. The highest BCUT2D eigenvalue weighted by Gasteiger charge is 2.19. The van der Waals surface area contributed by atoms with Crippen LogP contribution in [-0.4, -0.2) is 49.4 Å². The number of carbonyl (C=O) groups excluding carboxylic acids is 2. The molecule has 0 atom stereocenters. The summed E-state index contributed by atoms with van der Waals surface area (Å²) in [5.74, 6) is 0.917. The van der Waals surface area contributed by atoms with E-state index in [1.165, 1.54) is 18.5 Å². The molecule has 1 aliphatic rings. The van der Waals surface area contributed by atoms with E-state index in [4.69, 9.17) is 0 Å². The average Bonchev–Trinajstić information content (AvgIpc) is 2.69. The third-order valence-corrected chi connectivity index (χ3v) is 5.58. The van der Waals surface area contributed by atoms with Crippen molar-refractivity contribution >= 4 is 23.2 Å². The van der Waals surface area contributed by atoms with Crippen molar-refractivity contribution in [2.24, 2.45) is 5.92 Å². The zero-order chi connectivity index (χ0) is 20.5. The highest BCUT2D eigenvalue weighted by atomic mass is 16.2. The summed E-state index contributed by atoms with van der Waals surface area (Å²) in [7, 11) is 0. The van der Waals surface area contributed by atoms with Gasteiger partial charge in [-0.2, -0.15) is 0 Å². The predicted molar refractivity (Wildman–Crippen MR) is 117 cm³/mol. The summed E-state index contributed by atoms with van der Waals surface area (Å²) in [5, 5.41) is 0. The van der Waals surface area contributed by atoms with Crippen LogP contribution >= 0.6 is 0 Å². The topological polar surface area (TPSA) is 43.9 Å². The van der Waals surface area contributed by atoms with Crippen LogP contribution in [0.15, 0.2) is 24.3 Å². The van der Waals surface area contributed by atoms with Crippen molar-refractivity contribution in [1.82, 2.24) is 4.90 Å². The molecule has 5 heteroatoms. The van der Waals surface area contributed by atoms with Crippen LogP contribution in [0, 0.1) is 5.92 Å². The van der Waals surface area contributed by atoms with Crippen molar-refractivity contribution in [3.8, 4) is 0 Å². The summed E-state index contributed by atoms with van der Waals surface area (Å²) in [6.45, 7) is 12.2. The van der Waals surface area contributed by atoms with Crippen molar-refractivity contribution in [1.29, 1.82) is 0 Å². The van der Waals surface area contributed by atoms with Gasteiger partial charge in [-0.3, -0.25) is 9.59 Å². The van der Waals surface area contributed by atoms with Crippen LogP contribution in [0.4, 0.5) is 11.4 Å². The Kier molecular flexibility index (Phi) is 8.81. The van der Waals surface area contributed by atoms with Gasteiger partial charge in [0.15, 0.2) is 0 Å². The van der Waals surface area contributed by atoms with Gasteiger partial charge in [-0.25, -0.2) is 0 Å². The average molecular weight is 388 g/mol. The number of rotatable bonds is 9. The van der Waals surface area contributed by atoms with Gasteiger partial charge < -0.3 is 14.7 Å². The van der Waals surface area contributed by atoms with Crippen molar-refractivity contribution in [3.63, 3.8) is 0 Å². The fraction of sp³-hybridized carbons (Fsp3) is 0.652. The molecule has 0 radical (unpaired) electrons. The zero-order valence-corrected chi connectivity index (χ0v) is 18.1. The number of hydrogen-bond donors (Lipinski definition) is 0. The molecule has 2 rings (SSSR count). The van der Waals surface area contributed by atoms with E-state index in [-0.39, 0.29) is 11.8 Å². The summed E-state index contributed by atoms with van der Waals surface area (Å²) >= 11 is 0. The molecule has 0 aliphatic carbocycles. The molecular formula is C23H37N3O2. The lowest BCUT2D eigenvalue weighted by Crippen LogP contribution is -2.37. The van der Waals surface area contributed by atoms with E-state index < -0.39 is 0 Å². The van der Waals surface area contributed by atoms with Crippen LogP contribution in [0.3, 0.4) is 0 Å². The number of piperidine rings is 1. The van der Waals surface area contributed by atoms with E-state index >= 15 is 0 Å². The Balaban J connectivity index is 1.99. The van der Waals surface area contributed by atoms with E-state index in [9.17, 15) is 9.59 Å². The van der Waals surface area contributed by atoms with Gasteiger partial charge in [0.2, 0.25) is 11.8 Å². The lowest BCUT2D eigenvalue weighted by atomic mass is 9.99. The fourth-order valence-electron chi connectivity index (χ4n) is 3.85. The quantitative estimate of drug-likeness (QED) is 0.634. The minimum Gasteiger partial charge on any atom is -0.372 e. The molecule has 1 heterocycles. The maximum Gasteiger partial charge on any atom is 0.224 e. The van der Waals surface area contributed by atoms with Gasteiger partial charge in [0.1, 0.15) is 0 Å². The molecule has 0 aromatic heterocycles. The van der Waals surface area contributed by atoms with Crippen LogP contribution in [-0.2, 0) is 9.59 Å². The molecule has 0 bridgehead atoms. The van der Waals surface area contributed by atoms with Gasteiger partial charge in [0.05, 0.1) is 0 Å². The summed E-state index contributed by atoms with van der Waals surface area (Å²) in [5.41, 5.74) is 2.08. The molecule has 156 valence electrons. The Morgan fingerprint density at radius 3 is 2.07 bits per heavy atom. The highest BCUT2D eigenvalue weighted by molar-refractivity contribution is 5.92. The summed E-state index contributed by atoms with van der Waals surface area (Å²) in [6.07, 6.45) is 4.74. The first-order valence-corrected chi connectivity index (χ1v) is 10.9. The highest BCUT2D eigenvalue weighted by Crippen LogP contribution is 2.25. The second-order valence-electron chi connectivity index (χ2n) is 7.99. The lowest BCUT2D eigenvalue weighted by Gasteiger charge is -2.32. The molecule has 0 N–H and O–H groups in total. The summed E-state index contributed by atoms with van der Waals surface area (Å²) in [6, 6.07) is 8.22. The normalized spacial score (nSPS) is 14.8. The van der Waals surface area contributed by atoms with Crippen LogP contribution in [0.1, 0.15) is 59.8 Å². The Bertz CT molecular complexity index is 615. The summed E-state index contributed by atoms with van der Waals surface area (Å²) in [4.78, 5) is 30.8.